The van der Waals surface area contributed by atoms with Gasteiger partial charge in [-0.2, -0.15) is 0 Å². The number of amides is 1. The van der Waals surface area contributed by atoms with Gasteiger partial charge in [0.15, 0.2) is 0 Å². The van der Waals surface area contributed by atoms with Gasteiger partial charge in [-0.05, 0) is 12.5 Å². The van der Waals surface area contributed by atoms with E-state index in [4.69, 9.17) is 11.5 Å². The van der Waals surface area contributed by atoms with Gasteiger partial charge in [-0.1, -0.05) is 18.2 Å². The summed E-state index contributed by atoms with van der Waals surface area (Å²) in [7, 11) is 0. The van der Waals surface area contributed by atoms with Gasteiger partial charge in [-0.3, -0.25) is 4.79 Å². The van der Waals surface area contributed by atoms with Gasteiger partial charge in [0.05, 0.1) is 0 Å². The normalized spacial score (nSPS) is 14.2. The van der Waals surface area contributed by atoms with Gasteiger partial charge >= 0.3 is 5.97 Å². The Labute approximate surface area is 109 Å². The van der Waals surface area contributed by atoms with Crippen molar-refractivity contribution in [2.75, 3.05) is 0 Å². The zero-order valence-corrected chi connectivity index (χ0v) is 10.2. The number of fused-ring (bicyclic) bond motifs is 1. The van der Waals surface area contributed by atoms with Crippen molar-refractivity contribution < 1.29 is 14.7 Å². The molecule has 0 saturated carbocycles. The van der Waals surface area contributed by atoms with E-state index < -0.39 is 17.4 Å². The lowest BCUT2D eigenvalue weighted by Gasteiger charge is -2.23. The Morgan fingerprint density at radius 3 is 2.63 bits per heavy atom. The monoisotopic (exact) mass is 261 g/mol. The van der Waals surface area contributed by atoms with Crippen LogP contribution in [0.1, 0.15) is 18.4 Å². The first-order valence-electron chi connectivity index (χ1n) is 5.82. The summed E-state index contributed by atoms with van der Waals surface area (Å²) in [5, 5.41) is 10.1. The molecule has 1 atom stereocenters. The smallest absolute Gasteiger partial charge is 0.328 e. The average molecular weight is 261 g/mol. The first kappa shape index (κ1) is 13.1. The summed E-state index contributed by atoms with van der Waals surface area (Å²) >= 11 is 0. The fraction of sp³-hybridized carbons (Fsp3) is 0.231. The third-order valence-corrected chi connectivity index (χ3v) is 3.22. The number of hydrogen-bond donors (Lipinski definition) is 4. The summed E-state index contributed by atoms with van der Waals surface area (Å²) < 4.78 is 0. The van der Waals surface area contributed by atoms with E-state index in [9.17, 15) is 14.7 Å². The molecule has 0 aliphatic heterocycles. The highest BCUT2D eigenvalue weighted by atomic mass is 16.4. The van der Waals surface area contributed by atoms with Gasteiger partial charge < -0.3 is 21.6 Å². The summed E-state index contributed by atoms with van der Waals surface area (Å²) in [4.78, 5) is 25.3. The molecule has 2 rings (SSSR count). The minimum atomic E-state index is -1.63. The number of carboxylic acids is 1. The molecule has 0 fully saturated rings. The SMILES string of the molecule is NC(=O)CCC(N)(C(=O)O)c1c[nH]c2ccccc12. The second kappa shape index (κ2) is 4.74. The number of aliphatic carboxylic acids is 1. The average Bonchev–Trinajstić information content (AvgIpc) is 2.80. The van der Waals surface area contributed by atoms with Crippen molar-refractivity contribution in [3.8, 4) is 0 Å². The molecule has 1 heterocycles. The van der Waals surface area contributed by atoms with Crippen molar-refractivity contribution in [1.29, 1.82) is 0 Å². The molecule has 0 aliphatic carbocycles. The third-order valence-electron chi connectivity index (χ3n) is 3.22. The molecule has 0 radical (unpaired) electrons. The summed E-state index contributed by atoms with van der Waals surface area (Å²) in [5.41, 5.74) is 10.7. The number of carbonyl (C=O) groups is 2. The molecular weight excluding hydrogens is 246 g/mol. The summed E-state index contributed by atoms with van der Waals surface area (Å²) in [6.07, 6.45) is 1.45. The largest absolute Gasteiger partial charge is 0.480 e. The van der Waals surface area contributed by atoms with Crippen LogP contribution in [0.3, 0.4) is 0 Å². The van der Waals surface area contributed by atoms with Gasteiger partial charge in [-0.25, -0.2) is 4.79 Å². The lowest BCUT2D eigenvalue weighted by atomic mass is 9.86. The minimum Gasteiger partial charge on any atom is -0.480 e. The van der Waals surface area contributed by atoms with Gasteiger partial charge in [-0.15, -0.1) is 0 Å². The minimum absolute atomic E-state index is 0.0421. The quantitative estimate of drug-likeness (QED) is 0.631. The molecule has 0 aliphatic rings. The zero-order valence-electron chi connectivity index (χ0n) is 10.2. The third kappa shape index (κ3) is 2.30. The lowest BCUT2D eigenvalue weighted by molar-refractivity contribution is -0.144. The van der Waals surface area contributed by atoms with Crippen molar-refractivity contribution in [1.82, 2.24) is 4.98 Å². The summed E-state index contributed by atoms with van der Waals surface area (Å²) in [6.45, 7) is 0. The fourth-order valence-electron chi connectivity index (χ4n) is 2.12. The van der Waals surface area contributed by atoms with Gasteiger partial charge in [0, 0.05) is 29.1 Å². The van der Waals surface area contributed by atoms with Crippen molar-refractivity contribution in [2.45, 2.75) is 18.4 Å². The maximum absolute atomic E-state index is 11.5. The number of aromatic nitrogens is 1. The van der Waals surface area contributed by atoms with Gasteiger partial charge in [0.1, 0.15) is 5.54 Å². The van der Waals surface area contributed by atoms with Crippen LogP contribution in [-0.4, -0.2) is 22.0 Å². The highest BCUT2D eigenvalue weighted by Gasteiger charge is 2.38. The Kier molecular flexibility index (Phi) is 3.26. The second-order valence-corrected chi connectivity index (χ2v) is 4.49. The van der Waals surface area contributed by atoms with Crippen molar-refractivity contribution in [3.05, 3.63) is 36.0 Å². The number of hydrogen-bond acceptors (Lipinski definition) is 3. The van der Waals surface area contributed by atoms with E-state index in [1.165, 1.54) is 0 Å². The van der Waals surface area contributed by atoms with Crippen LogP contribution >= 0.6 is 0 Å². The fourth-order valence-corrected chi connectivity index (χ4v) is 2.12. The van der Waals surface area contributed by atoms with Crippen LogP contribution in [0, 0.1) is 0 Å². The van der Waals surface area contributed by atoms with Crippen LogP contribution in [-0.2, 0) is 15.1 Å². The Bertz CT molecular complexity index is 635. The molecule has 2 aromatic rings. The second-order valence-electron chi connectivity index (χ2n) is 4.49. The number of primary amides is 1. The van der Waals surface area contributed by atoms with E-state index in [-0.39, 0.29) is 12.8 Å². The number of para-hydroxylation sites is 1. The van der Waals surface area contributed by atoms with Crippen LogP contribution in [0.4, 0.5) is 0 Å². The highest BCUT2D eigenvalue weighted by Crippen LogP contribution is 2.30. The zero-order chi connectivity index (χ0) is 14.0. The van der Waals surface area contributed by atoms with Gasteiger partial charge in [0.2, 0.25) is 5.91 Å². The van der Waals surface area contributed by atoms with Crippen molar-refractivity contribution >= 4 is 22.8 Å². The Morgan fingerprint density at radius 1 is 1.32 bits per heavy atom. The highest BCUT2D eigenvalue weighted by molar-refractivity contribution is 5.92. The Morgan fingerprint density at radius 2 is 2.00 bits per heavy atom. The number of aromatic amines is 1. The van der Waals surface area contributed by atoms with E-state index in [0.29, 0.717) is 5.56 Å². The molecule has 6 nitrogen and oxygen atoms in total. The molecule has 1 amide bonds. The molecule has 6 heteroatoms. The van der Waals surface area contributed by atoms with Crippen LogP contribution in [0.15, 0.2) is 30.5 Å². The van der Waals surface area contributed by atoms with Crippen LogP contribution in [0.25, 0.3) is 10.9 Å². The lowest BCUT2D eigenvalue weighted by Crippen LogP contribution is -2.45. The van der Waals surface area contributed by atoms with E-state index in [2.05, 4.69) is 4.98 Å². The predicted octanol–water partition coefficient (Wildman–Crippen LogP) is 0.672. The van der Waals surface area contributed by atoms with E-state index >= 15 is 0 Å². The molecular formula is C13H15N3O3. The van der Waals surface area contributed by atoms with E-state index in [0.717, 1.165) is 10.9 Å². The first-order valence-corrected chi connectivity index (χ1v) is 5.82. The molecule has 19 heavy (non-hydrogen) atoms. The summed E-state index contributed by atoms with van der Waals surface area (Å²) in [5.74, 6) is -1.76. The van der Waals surface area contributed by atoms with Crippen LogP contribution < -0.4 is 11.5 Å². The molecule has 0 bridgehead atoms. The van der Waals surface area contributed by atoms with Gasteiger partial charge in [0.25, 0.3) is 0 Å². The van der Waals surface area contributed by atoms with Crippen molar-refractivity contribution in [2.24, 2.45) is 11.5 Å². The predicted molar refractivity (Wildman–Crippen MR) is 70.2 cm³/mol. The molecule has 0 spiro atoms. The Hall–Kier alpha value is -2.34. The summed E-state index contributed by atoms with van der Waals surface area (Å²) in [6, 6.07) is 7.26. The topological polar surface area (TPSA) is 122 Å². The van der Waals surface area contributed by atoms with Crippen LogP contribution in [0.2, 0.25) is 0 Å². The molecule has 1 aromatic heterocycles. The molecule has 0 saturated heterocycles. The number of benzene rings is 1. The number of H-pyrrole nitrogens is 1. The van der Waals surface area contributed by atoms with E-state index in [1.807, 2.05) is 12.1 Å². The number of carbonyl (C=O) groups excluding carboxylic acids is 1. The molecule has 6 N–H and O–H groups in total. The maximum Gasteiger partial charge on any atom is 0.328 e. The maximum atomic E-state index is 11.5. The molecule has 1 unspecified atom stereocenters. The number of carboxylic acid groups (broad SMARTS) is 1. The van der Waals surface area contributed by atoms with E-state index in [1.54, 1.807) is 18.3 Å². The molecule has 100 valence electrons. The number of nitrogens with two attached hydrogens (primary N) is 2. The van der Waals surface area contributed by atoms with Crippen molar-refractivity contribution in [3.63, 3.8) is 0 Å². The number of nitrogens with one attached hydrogen (secondary N) is 1. The number of rotatable bonds is 5. The molecule has 1 aromatic carbocycles. The Balaban J connectivity index is 2.49. The standard InChI is InChI=1S/C13H15N3O3/c14-11(17)5-6-13(15,12(18)19)9-7-16-10-4-2-1-3-8(9)10/h1-4,7,16H,5-6,15H2,(H2,14,17)(H,18,19). The first-order chi connectivity index (χ1) is 8.95. The van der Waals surface area contributed by atoms with Crippen LogP contribution in [0.5, 0.6) is 0 Å².